The number of halogens is 9. The third-order valence-corrected chi connectivity index (χ3v) is 1.35. The molecule has 0 N–H and O–H groups in total. The second-order valence-corrected chi connectivity index (χ2v) is 2.64. The van der Waals surface area contributed by atoms with Crippen molar-refractivity contribution in [3.8, 4) is 0 Å². The van der Waals surface area contributed by atoms with E-state index in [9.17, 15) is 40.2 Å². The fourth-order valence-corrected chi connectivity index (χ4v) is 0.479. The molecule has 0 atom stereocenters. The van der Waals surface area contributed by atoms with Gasteiger partial charge in [-0.1, -0.05) is 0 Å². The summed E-state index contributed by atoms with van der Waals surface area (Å²) in [7, 11) is 0. The zero-order valence-corrected chi connectivity index (χ0v) is 6.57. The standard InChI is InChI=1S/C4ClF8O/c5-3(10,11)1(6,7)2(8,9)4(12,13)14. The Morgan fingerprint density at radius 1 is 0.714 bits per heavy atom. The molecule has 0 rings (SSSR count). The van der Waals surface area contributed by atoms with Gasteiger partial charge in [-0.3, -0.25) is 0 Å². The highest BCUT2D eigenvalue weighted by Crippen LogP contribution is 2.53. The van der Waals surface area contributed by atoms with Crippen LogP contribution in [0.1, 0.15) is 0 Å². The van der Waals surface area contributed by atoms with Crippen molar-refractivity contribution in [2.24, 2.45) is 0 Å². The molecule has 0 aromatic rings. The van der Waals surface area contributed by atoms with Crippen LogP contribution < -0.4 is 0 Å². The SMILES string of the molecule is [O]C(F)(F)C(F)(F)C(F)(F)C(F)(F)Cl. The van der Waals surface area contributed by atoms with E-state index < -0.39 is 23.3 Å². The average Bonchev–Trinajstić information content (AvgIpc) is 1.81. The number of rotatable bonds is 3. The molecule has 0 bridgehead atoms. The molecule has 0 aromatic carbocycles. The molecule has 1 nitrogen and oxygen atoms in total. The maximum atomic E-state index is 11.9. The van der Waals surface area contributed by atoms with Gasteiger partial charge < -0.3 is 0 Å². The minimum absolute atomic E-state index is 3.48. The normalized spacial score (nSPS) is 15.9. The molecule has 1 radical (unpaired) electrons. The van der Waals surface area contributed by atoms with Crippen LogP contribution in [0.15, 0.2) is 0 Å². The van der Waals surface area contributed by atoms with E-state index in [-0.39, 0.29) is 0 Å². The lowest BCUT2D eigenvalue weighted by molar-refractivity contribution is -0.422. The molecule has 10 heteroatoms. The molecule has 14 heavy (non-hydrogen) atoms. The highest BCUT2D eigenvalue weighted by Gasteiger charge is 2.81. The topological polar surface area (TPSA) is 19.9 Å². The van der Waals surface area contributed by atoms with Gasteiger partial charge in [0.1, 0.15) is 0 Å². The minimum Gasteiger partial charge on any atom is -0.191 e. The first-order valence-electron chi connectivity index (χ1n) is 2.65. The number of alkyl halides is 9. The maximum Gasteiger partial charge on any atom is 0.452 e. The molecular formula is C4ClF8O. The molecular weight excluding hydrogens is 251 g/mol. The van der Waals surface area contributed by atoms with E-state index in [0.29, 0.717) is 0 Å². The van der Waals surface area contributed by atoms with E-state index in [1.165, 1.54) is 0 Å². The quantitative estimate of drug-likeness (QED) is 0.542. The average molecular weight is 251 g/mol. The summed E-state index contributed by atoms with van der Waals surface area (Å²) < 4.78 is 93.3. The predicted molar refractivity (Wildman–Crippen MR) is 26.3 cm³/mol. The van der Waals surface area contributed by atoms with Crippen molar-refractivity contribution < 1.29 is 40.2 Å². The smallest absolute Gasteiger partial charge is 0.191 e. The summed E-state index contributed by atoms with van der Waals surface area (Å²) in [5.74, 6) is -13.4. The van der Waals surface area contributed by atoms with Crippen molar-refractivity contribution in [1.29, 1.82) is 0 Å². The highest BCUT2D eigenvalue weighted by atomic mass is 35.5. The van der Waals surface area contributed by atoms with E-state index in [1.807, 2.05) is 0 Å². The van der Waals surface area contributed by atoms with Crippen LogP contribution in [0, 0.1) is 0 Å². The van der Waals surface area contributed by atoms with Gasteiger partial charge in [0, 0.05) is 0 Å². The second kappa shape index (κ2) is 3.09. The van der Waals surface area contributed by atoms with E-state index >= 15 is 0 Å². The van der Waals surface area contributed by atoms with Gasteiger partial charge in [0.2, 0.25) is 0 Å². The molecule has 0 fully saturated rings. The summed E-state index contributed by atoms with van der Waals surface area (Å²) in [4.78, 5) is 0. The molecule has 0 aliphatic heterocycles. The zero-order chi connectivity index (χ0) is 12.0. The summed E-state index contributed by atoms with van der Waals surface area (Å²) >= 11 is 3.48. The van der Waals surface area contributed by atoms with Gasteiger partial charge in [0.05, 0.1) is 0 Å². The second-order valence-electron chi connectivity index (χ2n) is 2.16. The monoisotopic (exact) mass is 251 g/mol. The fraction of sp³-hybridized carbons (Fsp3) is 1.00. The van der Waals surface area contributed by atoms with Gasteiger partial charge in [-0.2, -0.15) is 40.2 Å². The number of hydrogen-bond acceptors (Lipinski definition) is 0. The molecule has 0 saturated carbocycles. The Morgan fingerprint density at radius 2 is 1.00 bits per heavy atom. The first-order chi connectivity index (χ1) is 5.75. The first-order valence-corrected chi connectivity index (χ1v) is 3.03. The molecule has 85 valence electrons. The molecule has 0 aliphatic rings. The molecule has 0 aliphatic carbocycles. The van der Waals surface area contributed by atoms with E-state index in [1.54, 1.807) is 0 Å². The van der Waals surface area contributed by atoms with E-state index in [0.717, 1.165) is 0 Å². The summed E-state index contributed by atoms with van der Waals surface area (Å²) in [5, 5.41) is 3.31. The van der Waals surface area contributed by atoms with Crippen LogP contribution in [0.25, 0.3) is 0 Å². The maximum absolute atomic E-state index is 11.9. The fourth-order valence-electron chi connectivity index (χ4n) is 0.361. The van der Waals surface area contributed by atoms with Crippen molar-refractivity contribution >= 4 is 11.6 Å². The van der Waals surface area contributed by atoms with Crippen molar-refractivity contribution in [3.63, 3.8) is 0 Å². The third kappa shape index (κ3) is 1.88. The van der Waals surface area contributed by atoms with Crippen molar-refractivity contribution in [3.05, 3.63) is 0 Å². The van der Waals surface area contributed by atoms with E-state index in [4.69, 9.17) is 0 Å². The minimum atomic E-state index is -6.79. The first kappa shape index (κ1) is 13.7. The molecule has 0 heterocycles. The summed E-state index contributed by atoms with van der Waals surface area (Å²) in [5.41, 5.74) is 0. The Balaban J connectivity index is 5.30. The van der Waals surface area contributed by atoms with Gasteiger partial charge in [-0.05, 0) is 11.6 Å². The molecule has 0 unspecified atom stereocenters. The highest BCUT2D eigenvalue weighted by molar-refractivity contribution is 6.22. The molecule has 0 saturated heterocycles. The van der Waals surface area contributed by atoms with Gasteiger partial charge in [0.15, 0.2) is 0 Å². The molecule has 0 amide bonds. The van der Waals surface area contributed by atoms with Gasteiger partial charge in [-0.15, -0.1) is 0 Å². The van der Waals surface area contributed by atoms with E-state index in [2.05, 4.69) is 11.6 Å². The van der Waals surface area contributed by atoms with Crippen LogP contribution >= 0.6 is 11.6 Å². The Hall–Kier alpha value is -0.310. The lowest BCUT2D eigenvalue weighted by Crippen LogP contribution is -2.60. The summed E-state index contributed by atoms with van der Waals surface area (Å²) in [6.07, 6.45) is -6.56. The Morgan fingerprint density at radius 3 is 1.07 bits per heavy atom. The predicted octanol–water partition coefficient (Wildman–Crippen LogP) is 3.11. The lowest BCUT2D eigenvalue weighted by atomic mass is 10.1. The van der Waals surface area contributed by atoms with Gasteiger partial charge >= 0.3 is 23.3 Å². The summed E-state index contributed by atoms with van der Waals surface area (Å²) in [6, 6.07) is 0. The van der Waals surface area contributed by atoms with Crippen LogP contribution in [0.4, 0.5) is 35.1 Å². The van der Waals surface area contributed by atoms with Gasteiger partial charge in [-0.25, -0.2) is 0 Å². The van der Waals surface area contributed by atoms with Gasteiger partial charge in [0.25, 0.3) is 0 Å². The zero-order valence-electron chi connectivity index (χ0n) is 5.81. The Kier molecular flexibility index (Phi) is 3.02. The van der Waals surface area contributed by atoms with Crippen LogP contribution in [-0.4, -0.2) is 23.3 Å². The van der Waals surface area contributed by atoms with Crippen molar-refractivity contribution in [2.75, 3.05) is 0 Å². The van der Waals surface area contributed by atoms with Crippen LogP contribution in [-0.2, 0) is 5.11 Å². The molecule has 0 aromatic heterocycles. The largest absolute Gasteiger partial charge is 0.452 e. The van der Waals surface area contributed by atoms with Crippen molar-refractivity contribution in [1.82, 2.24) is 0 Å². The summed E-state index contributed by atoms with van der Waals surface area (Å²) in [6.45, 7) is 0. The van der Waals surface area contributed by atoms with Crippen LogP contribution in [0.2, 0.25) is 0 Å². The Labute approximate surface area is 76.3 Å². The Bertz CT molecular complexity index is 190. The van der Waals surface area contributed by atoms with Crippen LogP contribution in [0.3, 0.4) is 0 Å². The molecule has 0 spiro atoms. The van der Waals surface area contributed by atoms with Crippen molar-refractivity contribution in [2.45, 2.75) is 23.3 Å². The number of hydrogen-bond donors (Lipinski definition) is 0. The van der Waals surface area contributed by atoms with Crippen LogP contribution in [0.5, 0.6) is 0 Å². The lowest BCUT2D eigenvalue weighted by Gasteiger charge is -2.30. The third-order valence-electron chi connectivity index (χ3n) is 1.12.